The van der Waals surface area contributed by atoms with Gasteiger partial charge in [0.15, 0.2) is 11.0 Å². The van der Waals surface area contributed by atoms with E-state index in [1.54, 1.807) is 12.1 Å². The van der Waals surface area contributed by atoms with Gasteiger partial charge in [-0.2, -0.15) is 0 Å². The normalized spacial score (nSPS) is 12.1. The minimum atomic E-state index is -0.412. The highest BCUT2D eigenvalue weighted by atomic mass is 35.5. The summed E-state index contributed by atoms with van der Waals surface area (Å²) in [6, 6.07) is 18.1. The topological polar surface area (TPSA) is 88.9 Å². The highest BCUT2D eigenvalue weighted by Crippen LogP contribution is 2.28. The van der Waals surface area contributed by atoms with Gasteiger partial charge in [0.1, 0.15) is 0 Å². The van der Waals surface area contributed by atoms with E-state index in [2.05, 4.69) is 20.8 Å². The van der Waals surface area contributed by atoms with Crippen LogP contribution in [-0.4, -0.2) is 32.3 Å². The number of amides is 2. The number of benzene rings is 3. The Morgan fingerprint density at radius 3 is 2.51 bits per heavy atom. The summed E-state index contributed by atoms with van der Waals surface area (Å²) in [4.78, 5) is 25.8. The Morgan fingerprint density at radius 1 is 1.03 bits per heavy atom. The highest BCUT2D eigenvalue weighted by Gasteiger charge is 2.27. The van der Waals surface area contributed by atoms with Crippen molar-refractivity contribution >= 4 is 63.2 Å². The summed E-state index contributed by atoms with van der Waals surface area (Å²) in [5.74, 6) is 0.347. The number of halogens is 2. The molecule has 0 bridgehead atoms. The minimum absolute atomic E-state index is 0.0250. The van der Waals surface area contributed by atoms with Crippen LogP contribution in [-0.2, 0) is 11.3 Å². The van der Waals surface area contributed by atoms with Crippen LogP contribution >= 0.6 is 35.0 Å². The van der Waals surface area contributed by atoms with Crippen LogP contribution in [0.2, 0.25) is 10.0 Å². The molecule has 1 atom stereocenters. The predicted octanol–water partition coefficient (Wildman–Crippen LogP) is 6.62. The molecule has 2 N–H and O–H groups in total. The maximum atomic E-state index is 13.0. The monoisotopic (exact) mass is 555 g/mol. The summed E-state index contributed by atoms with van der Waals surface area (Å²) in [6.07, 6.45) is 0. The molecule has 2 amide bonds. The number of hydrogen-bond acceptors (Lipinski definition) is 5. The Kier molecular flexibility index (Phi) is 8.74. The second-order valence-corrected chi connectivity index (χ2v) is 10.6. The van der Waals surface area contributed by atoms with E-state index in [-0.39, 0.29) is 28.5 Å². The lowest BCUT2D eigenvalue weighted by atomic mass is 10.0. The molecule has 37 heavy (non-hydrogen) atoms. The van der Waals surface area contributed by atoms with E-state index in [4.69, 9.17) is 23.2 Å². The van der Waals surface area contributed by atoms with Crippen molar-refractivity contribution in [3.63, 3.8) is 0 Å². The number of aromatic nitrogens is 3. The van der Waals surface area contributed by atoms with Crippen LogP contribution in [0.25, 0.3) is 10.8 Å². The molecule has 0 spiro atoms. The summed E-state index contributed by atoms with van der Waals surface area (Å²) >= 11 is 13.5. The molecular weight excluding hydrogens is 529 g/mol. The van der Waals surface area contributed by atoms with Crippen LogP contribution in [0.5, 0.6) is 0 Å². The maximum absolute atomic E-state index is 13.0. The number of nitrogens with one attached hydrogen (secondary N) is 2. The van der Waals surface area contributed by atoms with Crippen molar-refractivity contribution < 1.29 is 9.59 Å². The van der Waals surface area contributed by atoms with Gasteiger partial charge >= 0.3 is 0 Å². The lowest BCUT2D eigenvalue weighted by molar-refractivity contribution is -0.113. The molecule has 0 aliphatic carbocycles. The van der Waals surface area contributed by atoms with Gasteiger partial charge < -0.3 is 15.2 Å². The summed E-state index contributed by atoms with van der Waals surface area (Å²) in [5, 5.41) is 18.1. The zero-order valence-corrected chi connectivity index (χ0v) is 23.0. The van der Waals surface area contributed by atoms with Crippen LogP contribution in [0.15, 0.2) is 65.8 Å². The van der Waals surface area contributed by atoms with E-state index in [9.17, 15) is 9.59 Å². The van der Waals surface area contributed by atoms with Crippen molar-refractivity contribution in [3.05, 3.63) is 82.1 Å². The molecule has 0 saturated heterocycles. The van der Waals surface area contributed by atoms with E-state index in [0.29, 0.717) is 28.1 Å². The van der Waals surface area contributed by atoms with Gasteiger partial charge in [0, 0.05) is 22.6 Å². The summed E-state index contributed by atoms with van der Waals surface area (Å²) < 4.78 is 1.92. The Balaban J connectivity index is 1.47. The smallest absolute Gasteiger partial charge is 0.253 e. The summed E-state index contributed by atoms with van der Waals surface area (Å²) in [5.41, 5.74) is 1.10. The van der Waals surface area contributed by atoms with Gasteiger partial charge in [-0.1, -0.05) is 85.2 Å². The van der Waals surface area contributed by atoms with Crippen molar-refractivity contribution in [1.29, 1.82) is 0 Å². The first kappa shape index (κ1) is 27.0. The average molecular weight is 557 g/mol. The Hall–Kier alpha value is -3.07. The second-order valence-electron chi connectivity index (χ2n) is 8.77. The lowest BCUT2D eigenvalue weighted by Gasteiger charge is -2.22. The van der Waals surface area contributed by atoms with E-state index >= 15 is 0 Å². The van der Waals surface area contributed by atoms with E-state index in [1.165, 1.54) is 17.8 Å². The Labute approximate surface area is 229 Å². The van der Waals surface area contributed by atoms with Crippen molar-refractivity contribution in [2.75, 3.05) is 11.1 Å². The number of carbonyl (C=O) groups excluding carboxylic acids is 2. The van der Waals surface area contributed by atoms with Crippen molar-refractivity contribution in [2.24, 2.45) is 5.92 Å². The zero-order chi connectivity index (χ0) is 26.5. The quantitative estimate of drug-likeness (QED) is 0.226. The fourth-order valence-electron chi connectivity index (χ4n) is 4.01. The molecule has 7 nitrogen and oxygen atoms in total. The third kappa shape index (κ3) is 6.26. The first-order chi connectivity index (χ1) is 17.8. The molecule has 1 heterocycles. The second kappa shape index (κ2) is 12.0. The first-order valence-corrected chi connectivity index (χ1v) is 13.6. The first-order valence-electron chi connectivity index (χ1n) is 11.9. The van der Waals surface area contributed by atoms with Gasteiger partial charge in [0.05, 0.1) is 22.4 Å². The summed E-state index contributed by atoms with van der Waals surface area (Å²) in [6.45, 7) is 6.54. The molecule has 0 unspecified atom stereocenters. The van der Waals surface area contributed by atoms with Gasteiger partial charge in [-0.15, -0.1) is 10.2 Å². The Bertz CT molecular complexity index is 1430. The number of nitrogens with zero attached hydrogens (tertiary/aromatic N) is 3. The average Bonchev–Trinajstić information content (AvgIpc) is 3.28. The number of carbonyl (C=O) groups is 2. The number of hydrogen-bond donors (Lipinski definition) is 2. The van der Waals surface area contributed by atoms with Crippen molar-refractivity contribution in [2.45, 2.75) is 38.5 Å². The highest BCUT2D eigenvalue weighted by molar-refractivity contribution is 7.99. The number of anilines is 1. The fraction of sp³-hybridized carbons (Fsp3) is 0.259. The predicted molar refractivity (Wildman–Crippen MR) is 151 cm³/mol. The third-order valence-electron chi connectivity index (χ3n) is 5.86. The van der Waals surface area contributed by atoms with E-state index < -0.39 is 6.04 Å². The standard InChI is InChI=1S/C27H27Cl2N5O2S/c1-4-34-25(24(16(2)3)31-26(36)20-13-12-18(28)14-21(20)29)32-33-27(34)37-15-23(35)30-22-11-7-9-17-8-5-6-10-19(17)22/h5-14,16,24H,4,15H2,1-3H3,(H,30,35)(H,31,36)/t24-/m1/s1. The number of thioether (sulfide) groups is 1. The Morgan fingerprint density at radius 2 is 1.78 bits per heavy atom. The minimum Gasteiger partial charge on any atom is -0.342 e. The molecule has 0 radical (unpaired) electrons. The van der Waals surface area contributed by atoms with Crippen LogP contribution < -0.4 is 10.6 Å². The molecule has 192 valence electrons. The molecule has 3 aromatic carbocycles. The van der Waals surface area contributed by atoms with Crippen molar-refractivity contribution in [3.8, 4) is 0 Å². The number of fused-ring (bicyclic) bond motifs is 1. The zero-order valence-electron chi connectivity index (χ0n) is 20.7. The van der Waals surface area contributed by atoms with Gasteiger partial charge in [0.25, 0.3) is 5.91 Å². The van der Waals surface area contributed by atoms with Gasteiger partial charge in [-0.3, -0.25) is 9.59 Å². The van der Waals surface area contributed by atoms with Crippen LogP contribution in [0.4, 0.5) is 5.69 Å². The van der Waals surface area contributed by atoms with Gasteiger partial charge in [-0.05, 0) is 42.5 Å². The molecule has 4 rings (SSSR count). The van der Waals surface area contributed by atoms with Crippen LogP contribution in [0, 0.1) is 5.92 Å². The largest absolute Gasteiger partial charge is 0.342 e. The fourth-order valence-corrected chi connectivity index (χ4v) is 5.31. The van der Waals surface area contributed by atoms with Gasteiger partial charge in [-0.25, -0.2) is 0 Å². The van der Waals surface area contributed by atoms with E-state index in [0.717, 1.165) is 16.5 Å². The van der Waals surface area contributed by atoms with Gasteiger partial charge in [0.2, 0.25) is 5.91 Å². The molecular formula is C27H27Cl2N5O2S. The van der Waals surface area contributed by atoms with Crippen molar-refractivity contribution in [1.82, 2.24) is 20.1 Å². The number of rotatable bonds is 9. The lowest BCUT2D eigenvalue weighted by Crippen LogP contribution is -2.34. The van der Waals surface area contributed by atoms with E-state index in [1.807, 2.05) is 67.8 Å². The summed E-state index contributed by atoms with van der Waals surface area (Å²) in [7, 11) is 0. The SMILES string of the molecule is CCn1c(SCC(=O)Nc2cccc3ccccc23)nnc1[C@H](NC(=O)c1ccc(Cl)cc1Cl)C(C)C. The third-order valence-corrected chi connectivity index (χ3v) is 7.38. The molecule has 0 aliphatic heterocycles. The molecule has 0 aliphatic rings. The molecule has 0 fully saturated rings. The molecule has 1 aromatic heterocycles. The maximum Gasteiger partial charge on any atom is 0.253 e. The van der Waals surface area contributed by atoms with Crippen LogP contribution in [0.3, 0.4) is 0 Å². The molecule has 4 aromatic rings. The van der Waals surface area contributed by atoms with Crippen LogP contribution in [0.1, 0.15) is 43.0 Å². The molecule has 0 saturated carbocycles. The molecule has 10 heteroatoms.